The van der Waals surface area contributed by atoms with Crippen molar-refractivity contribution in [3.8, 4) is 11.5 Å². The highest BCUT2D eigenvalue weighted by molar-refractivity contribution is 5.77. The first-order valence-electron chi connectivity index (χ1n) is 8.43. The van der Waals surface area contributed by atoms with Gasteiger partial charge in [0.15, 0.2) is 11.5 Å². The summed E-state index contributed by atoms with van der Waals surface area (Å²) in [6.45, 7) is 4.95. The lowest BCUT2D eigenvalue weighted by atomic mass is 9.84. The molecule has 1 aliphatic heterocycles. The minimum absolute atomic E-state index is 0.0508. The molecule has 0 fully saturated rings. The number of fused-ring (bicyclic) bond motifs is 1. The number of nitrogens with two attached hydrogens (primary N) is 1. The Kier molecular flexibility index (Phi) is 4.95. The van der Waals surface area contributed by atoms with Gasteiger partial charge in [-0.15, -0.1) is 0 Å². The van der Waals surface area contributed by atoms with Gasteiger partial charge in [-0.25, -0.2) is 0 Å². The highest BCUT2D eigenvalue weighted by Gasteiger charge is 2.25. The quantitative estimate of drug-likeness (QED) is 0.848. The van der Waals surface area contributed by atoms with Crippen molar-refractivity contribution in [3.63, 3.8) is 0 Å². The Morgan fingerprint density at radius 1 is 1.16 bits per heavy atom. The number of carbonyl (C=O) groups is 1. The van der Waals surface area contributed by atoms with Gasteiger partial charge in [0.1, 0.15) is 0 Å². The van der Waals surface area contributed by atoms with Gasteiger partial charge < -0.3 is 20.5 Å². The van der Waals surface area contributed by atoms with Crippen LogP contribution in [0.3, 0.4) is 0 Å². The SMILES string of the molecule is CC(C)(CNC(=O)CC(N)c1ccccc1)c1ccc2c(c1)OCO2. The largest absolute Gasteiger partial charge is 0.454 e. The Balaban J connectivity index is 1.57. The normalized spacial score (nSPS) is 14.2. The molecule has 5 heteroatoms. The molecule has 2 aromatic rings. The fourth-order valence-corrected chi connectivity index (χ4v) is 2.83. The fraction of sp³-hybridized carbons (Fsp3) is 0.350. The molecule has 5 nitrogen and oxygen atoms in total. The Labute approximate surface area is 148 Å². The van der Waals surface area contributed by atoms with Crippen LogP contribution >= 0.6 is 0 Å². The summed E-state index contributed by atoms with van der Waals surface area (Å²) >= 11 is 0. The average Bonchev–Trinajstić information content (AvgIpc) is 3.08. The van der Waals surface area contributed by atoms with E-state index < -0.39 is 0 Å². The first-order chi connectivity index (χ1) is 12.0. The third-order valence-electron chi connectivity index (χ3n) is 4.51. The summed E-state index contributed by atoms with van der Waals surface area (Å²) in [5, 5.41) is 3.00. The van der Waals surface area contributed by atoms with Crippen LogP contribution < -0.4 is 20.5 Å². The lowest BCUT2D eigenvalue weighted by molar-refractivity contribution is -0.121. The second-order valence-corrected chi connectivity index (χ2v) is 6.95. The summed E-state index contributed by atoms with van der Waals surface area (Å²) in [5.41, 5.74) is 7.94. The molecule has 0 aliphatic carbocycles. The second-order valence-electron chi connectivity index (χ2n) is 6.95. The molecule has 1 amide bonds. The van der Waals surface area contributed by atoms with Gasteiger partial charge in [-0.1, -0.05) is 50.2 Å². The van der Waals surface area contributed by atoms with Crippen LogP contribution in [0, 0.1) is 0 Å². The Hall–Kier alpha value is -2.53. The van der Waals surface area contributed by atoms with Crippen LogP contribution in [0.5, 0.6) is 11.5 Å². The van der Waals surface area contributed by atoms with E-state index in [0.29, 0.717) is 6.54 Å². The Bertz CT molecular complexity index is 744. The maximum Gasteiger partial charge on any atom is 0.231 e. The van der Waals surface area contributed by atoms with E-state index in [4.69, 9.17) is 15.2 Å². The number of hydrogen-bond acceptors (Lipinski definition) is 4. The molecule has 1 heterocycles. The van der Waals surface area contributed by atoms with Crippen molar-refractivity contribution in [1.29, 1.82) is 0 Å². The molecule has 132 valence electrons. The molecule has 0 saturated heterocycles. The predicted molar refractivity (Wildman–Crippen MR) is 96.6 cm³/mol. The summed E-state index contributed by atoms with van der Waals surface area (Å²) in [7, 11) is 0. The summed E-state index contributed by atoms with van der Waals surface area (Å²) in [5.74, 6) is 1.46. The van der Waals surface area contributed by atoms with E-state index in [-0.39, 0.29) is 30.6 Å². The zero-order valence-electron chi connectivity index (χ0n) is 14.6. The summed E-state index contributed by atoms with van der Waals surface area (Å²) in [6.07, 6.45) is 0.265. The first-order valence-corrected chi connectivity index (χ1v) is 8.43. The number of amides is 1. The molecule has 0 aromatic heterocycles. The van der Waals surface area contributed by atoms with E-state index in [1.54, 1.807) is 0 Å². The van der Waals surface area contributed by atoms with Crippen molar-refractivity contribution in [3.05, 3.63) is 59.7 Å². The number of hydrogen-bond donors (Lipinski definition) is 2. The molecule has 0 bridgehead atoms. The van der Waals surface area contributed by atoms with E-state index in [1.807, 2.05) is 48.5 Å². The Morgan fingerprint density at radius 2 is 1.88 bits per heavy atom. The van der Waals surface area contributed by atoms with Crippen molar-refractivity contribution in [2.24, 2.45) is 5.73 Å². The smallest absolute Gasteiger partial charge is 0.231 e. The first kappa shape index (κ1) is 17.3. The molecule has 25 heavy (non-hydrogen) atoms. The molecular formula is C20H24N2O3. The van der Waals surface area contributed by atoms with E-state index in [1.165, 1.54) is 0 Å². The number of rotatable bonds is 6. The van der Waals surface area contributed by atoms with Crippen LogP contribution in [0.2, 0.25) is 0 Å². The third-order valence-corrected chi connectivity index (χ3v) is 4.51. The number of nitrogens with one attached hydrogen (secondary N) is 1. The molecule has 3 rings (SSSR count). The van der Waals surface area contributed by atoms with Crippen LogP contribution in [0.4, 0.5) is 0 Å². The van der Waals surface area contributed by atoms with Crippen LogP contribution in [0.15, 0.2) is 48.5 Å². The van der Waals surface area contributed by atoms with E-state index in [9.17, 15) is 4.79 Å². The van der Waals surface area contributed by atoms with Gasteiger partial charge in [0.2, 0.25) is 12.7 Å². The van der Waals surface area contributed by atoms with Crippen LogP contribution in [-0.2, 0) is 10.2 Å². The minimum atomic E-state index is -0.296. The summed E-state index contributed by atoms with van der Waals surface area (Å²) < 4.78 is 10.8. The predicted octanol–water partition coefficient (Wildman–Crippen LogP) is 2.90. The van der Waals surface area contributed by atoms with Crippen molar-refractivity contribution < 1.29 is 14.3 Å². The monoisotopic (exact) mass is 340 g/mol. The average molecular weight is 340 g/mol. The molecule has 0 spiro atoms. The standard InChI is InChI=1S/C20H24N2O3/c1-20(2,15-8-9-17-18(10-15)25-13-24-17)12-22-19(23)11-16(21)14-6-4-3-5-7-14/h3-10,16H,11-13,21H2,1-2H3,(H,22,23). The zero-order valence-corrected chi connectivity index (χ0v) is 14.6. The highest BCUT2D eigenvalue weighted by atomic mass is 16.7. The van der Waals surface area contributed by atoms with Gasteiger partial charge in [-0.2, -0.15) is 0 Å². The second kappa shape index (κ2) is 7.15. The zero-order chi connectivity index (χ0) is 17.9. The van der Waals surface area contributed by atoms with Crippen molar-refractivity contribution in [2.75, 3.05) is 13.3 Å². The van der Waals surface area contributed by atoms with Crippen LogP contribution in [0.1, 0.15) is 37.4 Å². The summed E-state index contributed by atoms with van der Waals surface area (Å²) in [4.78, 5) is 12.3. The molecule has 1 unspecified atom stereocenters. The van der Waals surface area contributed by atoms with E-state index in [2.05, 4.69) is 19.2 Å². The lowest BCUT2D eigenvalue weighted by Gasteiger charge is -2.26. The fourth-order valence-electron chi connectivity index (χ4n) is 2.83. The highest BCUT2D eigenvalue weighted by Crippen LogP contribution is 2.36. The van der Waals surface area contributed by atoms with E-state index >= 15 is 0 Å². The number of carbonyl (C=O) groups excluding carboxylic acids is 1. The lowest BCUT2D eigenvalue weighted by Crippen LogP contribution is -2.37. The van der Waals surface area contributed by atoms with Crippen molar-refractivity contribution in [1.82, 2.24) is 5.32 Å². The van der Waals surface area contributed by atoms with Crippen molar-refractivity contribution in [2.45, 2.75) is 31.7 Å². The molecule has 1 aliphatic rings. The minimum Gasteiger partial charge on any atom is -0.454 e. The molecule has 0 saturated carbocycles. The van der Waals surface area contributed by atoms with Crippen LogP contribution in [0.25, 0.3) is 0 Å². The maximum atomic E-state index is 12.3. The molecule has 0 radical (unpaired) electrons. The molecule has 1 atom stereocenters. The molecule has 2 aromatic carbocycles. The van der Waals surface area contributed by atoms with Gasteiger partial charge in [-0.3, -0.25) is 4.79 Å². The third kappa shape index (κ3) is 4.12. The Morgan fingerprint density at radius 3 is 2.64 bits per heavy atom. The maximum absolute atomic E-state index is 12.3. The van der Waals surface area contributed by atoms with Gasteiger partial charge >= 0.3 is 0 Å². The number of benzene rings is 2. The van der Waals surface area contributed by atoms with Gasteiger partial charge in [0.25, 0.3) is 0 Å². The molecule has 3 N–H and O–H groups in total. The number of ether oxygens (including phenoxy) is 2. The van der Waals surface area contributed by atoms with Gasteiger partial charge in [0, 0.05) is 24.4 Å². The van der Waals surface area contributed by atoms with Gasteiger partial charge in [0.05, 0.1) is 0 Å². The molecular weight excluding hydrogens is 316 g/mol. The van der Waals surface area contributed by atoms with E-state index in [0.717, 1.165) is 22.6 Å². The topological polar surface area (TPSA) is 73.6 Å². The van der Waals surface area contributed by atoms with Crippen LogP contribution in [-0.4, -0.2) is 19.2 Å². The van der Waals surface area contributed by atoms with Crippen molar-refractivity contribution >= 4 is 5.91 Å². The van der Waals surface area contributed by atoms with Gasteiger partial charge in [-0.05, 0) is 23.3 Å². The summed E-state index contributed by atoms with van der Waals surface area (Å²) in [6, 6.07) is 15.3.